The summed E-state index contributed by atoms with van der Waals surface area (Å²) in [5, 5.41) is 3.17. The number of halogens is 1. The minimum atomic E-state index is -4.26. The fourth-order valence-corrected chi connectivity index (χ4v) is 6.30. The predicted octanol–water partition coefficient (Wildman–Crippen LogP) is 4.53. The van der Waals surface area contributed by atoms with Crippen LogP contribution < -0.4 is 9.62 Å². The molecule has 10 heteroatoms. The van der Waals surface area contributed by atoms with E-state index in [1.807, 2.05) is 60.7 Å². The van der Waals surface area contributed by atoms with E-state index in [2.05, 4.69) is 5.32 Å². The molecule has 0 unspecified atom stereocenters. The molecule has 3 aromatic carbocycles. The summed E-state index contributed by atoms with van der Waals surface area (Å²) in [4.78, 5) is 29.6. The predicted molar refractivity (Wildman–Crippen MR) is 162 cm³/mol. The number of carbonyl (C=O) groups is 2. The van der Waals surface area contributed by atoms with Crippen molar-refractivity contribution in [2.45, 2.75) is 57.2 Å². The molecule has 1 aliphatic rings. The van der Waals surface area contributed by atoms with E-state index in [0.29, 0.717) is 0 Å². The largest absolute Gasteiger partial charge is 0.352 e. The molecule has 0 saturated heterocycles. The Balaban J connectivity index is 1.74. The third kappa shape index (κ3) is 7.95. The summed E-state index contributed by atoms with van der Waals surface area (Å²) in [6, 6.07) is 23.2. The van der Waals surface area contributed by atoms with Gasteiger partial charge in [-0.25, -0.2) is 8.70 Å². The zero-order valence-corrected chi connectivity index (χ0v) is 25.0. The van der Waals surface area contributed by atoms with Gasteiger partial charge in [0, 0.05) is 33.1 Å². The molecule has 1 atom stereocenters. The minimum absolute atomic E-state index is 0.0160. The van der Waals surface area contributed by atoms with Gasteiger partial charge in [-0.05, 0) is 36.1 Å². The Morgan fingerprint density at radius 2 is 1.43 bits per heavy atom. The molecule has 2 amide bonds. The monoisotopic (exact) mass is 594 g/mol. The SMILES string of the molecule is CN(C)S(=O)(=O)N(CC(=O)N(Cc1ccccc1)[C@@H](Cc1ccccc1)C(=O)NC1CCCCC1)c1ccccc1F. The van der Waals surface area contributed by atoms with Crippen molar-refractivity contribution < 1.29 is 22.4 Å². The van der Waals surface area contributed by atoms with Gasteiger partial charge in [0.2, 0.25) is 11.8 Å². The second-order valence-corrected chi connectivity index (χ2v) is 12.9. The van der Waals surface area contributed by atoms with Crippen LogP contribution in [0.3, 0.4) is 0 Å². The molecule has 0 radical (unpaired) electrons. The van der Waals surface area contributed by atoms with Crippen LogP contribution in [0.15, 0.2) is 84.9 Å². The fraction of sp³-hybridized carbons (Fsp3) is 0.375. The number of carbonyl (C=O) groups excluding carboxylic acids is 2. The van der Waals surface area contributed by atoms with E-state index in [1.165, 1.54) is 37.2 Å². The van der Waals surface area contributed by atoms with Crippen molar-refractivity contribution in [3.05, 3.63) is 102 Å². The van der Waals surface area contributed by atoms with Gasteiger partial charge >= 0.3 is 10.2 Å². The molecule has 3 aromatic rings. The zero-order chi connectivity index (χ0) is 30.1. The van der Waals surface area contributed by atoms with Crippen LogP contribution in [0, 0.1) is 5.82 Å². The van der Waals surface area contributed by atoms with Crippen LogP contribution in [0.5, 0.6) is 0 Å². The van der Waals surface area contributed by atoms with Gasteiger partial charge in [0.15, 0.2) is 0 Å². The summed E-state index contributed by atoms with van der Waals surface area (Å²) in [5.74, 6) is -1.68. The Labute approximate surface area is 248 Å². The molecule has 0 spiro atoms. The van der Waals surface area contributed by atoms with Crippen LogP contribution >= 0.6 is 0 Å². The van der Waals surface area contributed by atoms with Gasteiger partial charge in [-0.15, -0.1) is 0 Å². The van der Waals surface area contributed by atoms with Crippen LogP contribution in [-0.2, 0) is 32.8 Å². The number of hydrogen-bond acceptors (Lipinski definition) is 4. The lowest BCUT2D eigenvalue weighted by Crippen LogP contribution is -2.55. The molecule has 0 aromatic heterocycles. The van der Waals surface area contributed by atoms with E-state index >= 15 is 0 Å². The van der Waals surface area contributed by atoms with E-state index in [0.717, 1.165) is 57.9 Å². The van der Waals surface area contributed by atoms with E-state index in [-0.39, 0.29) is 30.6 Å². The number of para-hydroxylation sites is 1. The number of amides is 2. The van der Waals surface area contributed by atoms with Crippen LogP contribution in [0.1, 0.15) is 43.2 Å². The van der Waals surface area contributed by atoms with Gasteiger partial charge < -0.3 is 10.2 Å². The first-order valence-electron chi connectivity index (χ1n) is 14.3. The van der Waals surface area contributed by atoms with Crippen molar-refractivity contribution >= 4 is 27.7 Å². The first kappa shape index (κ1) is 31.2. The highest BCUT2D eigenvalue weighted by atomic mass is 32.2. The molecule has 224 valence electrons. The molecular weight excluding hydrogens is 555 g/mol. The Kier molecular flexibility index (Phi) is 10.7. The maximum absolute atomic E-state index is 15.0. The van der Waals surface area contributed by atoms with Crippen LogP contribution in [0.25, 0.3) is 0 Å². The summed E-state index contributed by atoms with van der Waals surface area (Å²) < 4.78 is 43.4. The fourth-order valence-electron chi connectivity index (χ4n) is 5.23. The molecule has 0 bridgehead atoms. The number of rotatable bonds is 12. The average molecular weight is 595 g/mol. The molecule has 0 heterocycles. The standard InChI is InChI=1S/C32H39FN4O4S/c1-35(2)42(40,41)37(29-21-13-12-20-28(29)33)24-31(38)36(23-26-16-8-4-9-17-26)30(22-25-14-6-3-7-15-25)32(39)34-27-18-10-5-11-19-27/h3-4,6-9,12-17,20-21,27,30H,5,10-11,18-19,22-24H2,1-2H3,(H,34,39)/t30-/m0/s1. The molecule has 1 N–H and O–H groups in total. The van der Waals surface area contributed by atoms with Crippen molar-refractivity contribution in [1.29, 1.82) is 0 Å². The average Bonchev–Trinajstić information content (AvgIpc) is 2.99. The number of nitrogens with zero attached hydrogens (tertiary/aromatic N) is 3. The minimum Gasteiger partial charge on any atom is -0.352 e. The quantitative estimate of drug-likeness (QED) is 0.334. The number of nitrogens with one attached hydrogen (secondary N) is 1. The molecular formula is C32H39FN4O4S. The maximum Gasteiger partial charge on any atom is 0.304 e. The Bertz CT molecular complexity index is 1430. The summed E-state index contributed by atoms with van der Waals surface area (Å²) in [5.41, 5.74) is 1.40. The van der Waals surface area contributed by atoms with Crippen molar-refractivity contribution in [2.24, 2.45) is 0 Å². The lowest BCUT2D eigenvalue weighted by molar-refractivity contribution is -0.140. The molecule has 1 fully saturated rings. The first-order chi connectivity index (χ1) is 20.2. The molecule has 42 heavy (non-hydrogen) atoms. The lowest BCUT2D eigenvalue weighted by atomic mass is 9.94. The summed E-state index contributed by atoms with van der Waals surface area (Å²) in [6.07, 6.45) is 5.17. The van der Waals surface area contributed by atoms with Crippen molar-refractivity contribution in [3.63, 3.8) is 0 Å². The van der Waals surface area contributed by atoms with Gasteiger partial charge in [0.1, 0.15) is 18.4 Å². The number of benzene rings is 3. The number of hydrogen-bond donors (Lipinski definition) is 1. The molecule has 8 nitrogen and oxygen atoms in total. The highest BCUT2D eigenvalue weighted by Crippen LogP contribution is 2.25. The summed E-state index contributed by atoms with van der Waals surface area (Å²) in [6.45, 7) is -0.612. The molecule has 1 aliphatic carbocycles. The van der Waals surface area contributed by atoms with Gasteiger partial charge in [0.25, 0.3) is 0 Å². The van der Waals surface area contributed by atoms with Gasteiger partial charge in [-0.2, -0.15) is 12.7 Å². The van der Waals surface area contributed by atoms with Crippen molar-refractivity contribution in [1.82, 2.24) is 14.5 Å². The van der Waals surface area contributed by atoms with Crippen LogP contribution in [0.2, 0.25) is 0 Å². The number of anilines is 1. The van der Waals surface area contributed by atoms with Crippen molar-refractivity contribution in [2.75, 3.05) is 24.9 Å². The van der Waals surface area contributed by atoms with E-state index < -0.39 is 34.5 Å². The Morgan fingerprint density at radius 1 is 0.857 bits per heavy atom. The summed E-state index contributed by atoms with van der Waals surface area (Å²) in [7, 11) is -1.62. The second kappa shape index (κ2) is 14.4. The normalized spacial score (nSPS) is 14.8. The third-order valence-corrected chi connectivity index (χ3v) is 9.36. The van der Waals surface area contributed by atoms with E-state index in [4.69, 9.17) is 0 Å². The summed E-state index contributed by atoms with van der Waals surface area (Å²) >= 11 is 0. The van der Waals surface area contributed by atoms with Gasteiger partial charge in [0.05, 0.1) is 5.69 Å². The van der Waals surface area contributed by atoms with Gasteiger partial charge in [-0.1, -0.05) is 92.1 Å². The van der Waals surface area contributed by atoms with Crippen molar-refractivity contribution in [3.8, 4) is 0 Å². The smallest absolute Gasteiger partial charge is 0.304 e. The van der Waals surface area contributed by atoms with E-state index in [9.17, 15) is 22.4 Å². The molecule has 1 saturated carbocycles. The second-order valence-electron chi connectivity index (χ2n) is 10.8. The van der Waals surface area contributed by atoms with Crippen LogP contribution in [-0.4, -0.2) is 62.2 Å². The molecule has 4 rings (SSSR count). The molecule has 0 aliphatic heterocycles. The zero-order valence-electron chi connectivity index (χ0n) is 24.2. The Morgan fingerprint density at radius 3 is 2.02 bits per heavy atom. The van der Waals surface area contributed by atoms with E-state index in [1.54, 1.807) is 0 Å². The third-order valence-electron chi connectivity index (χ3n) is 7.56. The highest BCUT2D eigenvalue weighted by molar-refractivity contribution is 7.90. The topological polar surface area (TPSA) is 90.0 Å². The van der Waals surface area contributed by atoms with Gasteiger partial charge in [-0.3, -0.25) is 9.59 Å². The Hall–Kier alpha value is -3.76. The lowest BCUT2D eigenvalue weighted by Gasteiger charge is -2.35. The maximum atomic E-state index is 15.0. The van der Waals surface area contributed by atoms with Crippen LogP contribution in [0.4, 0.5) is 10.1 Å². The first-order valence-corrected chi connectivity index (χ1v) is 15.7. The highest BCUT2D eigenvalue weighted by Gasteiger charge is 2.36.